The van der Waals surface area contributed by atoms with Gasteiger partial charge in [-0.25, -0.2) is 0 Å². The summed E-state index contributed by atoms with van der Waals surface area (Å²) in [4.78, 5) is 17.5. The molecule has 0 saturated carbocycles. The molecule has 3 aromatic carbocycles. The number of amidine groups is 2. The molecule has 0 bridgehead atoms. The van der Waals surface area contributed by atoms with Crippen molar-refractivity contribution in [1.29, 1.82) is 10.8 Å². The fourth-order valence-electron chi connectivity index (χ4n) is 4.03. The number of nitrogens with zero attached hydrogens (tertiary/aromatic N) is 2. The van der Waals surface area contributed by atoms with Gasteiger partial charge >= 0.3 is 0 Å². The molecule has 10 nitrogen and oxygen atoms in total. The van der Waals surface area contributed by atoms with E-state index in [0.717, 1.165) is 19.6 Å². The molecule has 1 aliphatic rings. The van der Waals surface area contributed by atoms with Gasteiger partial charge in [-0.3, -0.25) is 20.5 Å². The van der Waals surface area contributed by atoms with Gasteiger partial charge in [-0.2, -0.15) is 0 Å². The van der Waals surface area contributed by atoms with Crippen LogP contribution in [0.25, 0.3) is 0 Å². The monoisotopic (exact) mass is 501 g/mol. The first-order valence-electron chi connectivity index (χ1n) is 11.9. The molecule has 10 heteroatoms. The number of amides is 1. The van der Waals surface area contributed by atoms with Gasteiger partial charge < -0.3 is 31.6 Å². The molecule has 1 saturated heterocycles. The normalized spacial score (nSPS) is 13.7. The van der Waals surface area contributed by atoms with Crippen LogP contribution in [0.4, 0.5) is 0 Å². The number of piperazine rings is 1. The van der Waals surface area contributed by atoms with Crippen LogP contribution in [0.2, 0.25) is 0 Å². The Bertz CT molecular complexity index is 1190. The SMILES string of the molecule is N=C(N)c1ccc(Oc2cc(Oc3ccc(C(=N)N)cc3)cc(C(=O)N3CCN(CCN)CC3)c2)cc1. The third kappa shape index (κ3) is 6.63. The summed E-state index contributed by atoms with van der Waals surface area (Å²) in [6.07, 6.45) is 0. The lowest BCUT2D eigenvalue weighted by molar-refractivity contribution is 0.0640. The summed E-state index contributed by atoms with van der Waals surface area (Å²) in [6, 6.07) is 18.7. The molecule has 0 aliphatic carbocycles. The number of ether oxygens (including phenoxy) is 2. The average Bonchev–Trinajstić information content (AvgIpc) is 2.89. The van der Waals surface area contributed by atoms with Crippen molar-refractivity contribution in [2.45, 2.75) is 0 Å². The van der Waals surface area contributed by atoms with Gasteiger partial charge in [-0.05, 0) is 60.7 Å². The van der Waals surface area contributed by atoms with Crippen molar-refractivity contribution >= 4 is 17.6 Å². The first kappa shape index (κ1) is 25.7. The van der Waals surface area contributed by atoms with Crippen LogP contribution >= 0.6 is 0 Å². The van der Waals surface area contributed by atoms with Crippen LogP contribution in [-0.4, -0.2) is 66.6 Å². The summed E-state index contributed by atoms with van der Waals surface area (Å²) in [6.45, 7) is 4.17. The van der Waals surface area contributed by atoms with Crippen LogP contribution in [0.5, 0.6) is 23.0 Å². The Kier molecular flexibility index (Phi) is 8.02. The van der Waals surface area contributed by atoms with Gasteiger partial charge in [-0.1, -0.05) is 0 Å². The summed E-state index contributed by atoms with van der Waals surface area (Å²) in [5.41, 5.74) is 18.4. The average molecular weight is 502 g/mol. The molecule has 0 unspecified atom stereocenters. The second-order valence-electron chi connectivity index (χ2n) is 8.70. The fraction of sp³-hybridized carbons (Fsp3) is 0.222. The molecule has 8 N–H and O–H groups in total. The minimum Gasteiger partial charge on any atom is -0.457 e. The standard InChI is InChI=1S/C27H31N7O3/c28-9-10-33-11-13-34(14-12-33)27(35)20-15-23(36-21-5-1-18(2-6-21)25(29)30)17-24(16-20)37-22-7-3-19(4-8-22)26(31)32/h1-8,15-17H,9-14,28H2,(H3,29,30)(H3,31,32). The molecular weight excluding hydrogens is 470 g/mol. The second-order valence-corrected chi connectivity index (χ2v) is 8.70. The Hall–Kier alpha value is -4.41. The van der Waals surface area contributed by atoms with Crippen LogP contribution in [0.15, 0.2) is 66.7 Å². The Balaban J connectivity index is 1.59. The molecule has 0 atom stereocenters. The predicted octanol–water partition coefficient (Wildman–Crippen LogP) is 2.56. The number of benzene rings is 3. The molecule has 192 valence electrons. The van der Waals surface area contributed by atoms with Gasteiger partial charge in [-0.15, -0.1) is 0 Å². The van der Waals surface area contributed by atoms with Crippen LogP contribution in [0, 0.1) is 10.8 Å². The summed E-state index contributed by atoms with van der Waals surface area (Å²) in [7, 11) is 0. The topological polar surface area (TPSA) is 168 Å². The van der Waals surface area contributed by atoms with Crippen LogP contribution in [0.3, 0.4) is 0 Å². The first-order chi connectivity index (χ1) is 17.8. The molecule has 0 spiro atoms. The maximum Gasteiger partial charge on any atom is 0.254 e. The zero-order valence-electron chi connectivity index (χ0n) is 20.4. The van der Waals surface area contributed by atoms with E-state index in [0.29, 0.717) is 59.3 Å². The lowest BCUT2D eigenvalue weighted by Crippen LogP contribution is -2.49. The Labute approximate surface area is 215 Å². The molecule has 1 aliphatic heterocycles. The third-order valence-electron chi connectivity index (χ3n) is 6.03. The lowest BCUT2D eigenvalue weighted by Gasteiger charge is -2.34. The van der Waals surface area contributed by atoms with Crippen molar-refractivity contribution in [1.82, 2.24) is 9.80 Å². The Morgan fingerprint density at radius 2 is 1.16 bits per heavy atom. The summed E-state index contributed by atoms with van der Waals surface area (Å²) >= 11 is 0. The van der Waals surface area contributed by atoms with E-state index in [2.05, 4.69) is 4.90 Å². The van der Waals surface area contributed by atoms with E-state index in [9.17, 15) is 4.79 Å². The third-order valence-corrected chi connectivity index (χ3v) is 6.03. The van der Waals surface area contributed by atoms with Crippen LogP contribution < -0.4 is 26.7 Å². The first-order valence-corrected chi connectivity index (χ1v) is 11.9. The minimum atomic E-state index is -0.110. The van der Waals surface area contributed by atoms with Crippen molar-refractivity contribution in [3.8, 4) is 23.0 Å². The highest BCUT2D eigenvalue weighted by molar-refractivity contribution is 5.96. The largest absolute Gasteiger partial charge is 0.457 e. The predicted molar refractivity (Wildman–Crippen MR) is 143 cm³/mol. The van der Waals surface area contributed by atoms with E-state index in [1.54, 1.807) is 66.7 Å². The number of hydrogen-bond acceptors (Lipinski definition) is 7. The molecule has 37 heavy (non-hydrogen) atoms. The van der Waals surface area contributed by atoms with Crippen molar-refractivity contribution < 1.29 is 14.3 Å². The number of nitrogen functional groups attached to an aromatic ring is 2. The lowest BCUT2D eigenvalue weighted by atomic mass is 10.1. The van der Waals surface area contributed by atoms with Gasteiger partial charge in [0.05, 0.1) is 0 Å². The number of hydrogen-bond donors (Lipinski definition) is 5. The zero-order chi connectivity index (χ0) is 26.4. The molecular formula is C27H31N7O3. The van der Waals surface area contributed by atoms with Crippen LogP contribution in [-0.2, 0) is 0 Å². The van der Waals surface area contributed by atoms with E-state index < -0.39 is 0 Å². The summed E-state index contributed by atoms with van der Waals surface area (Å²) in [5, 5.41) is 15.1. The number of carbonyl (C=O) groups is 1. The molecule has 1 fully saturated rings. The molecule has 1 amide bonds. The van der Waals surface area contributed by atoms with Gasteiger partial charge in [0.2, 0.25) is 0 Å². The molecule has 4 rings (SSSR count). The van der Waals surface area contributed by atoms with Gasteiger partial charge in [0.1, 0.15) is 34.7 Å². The van der Waals surface area contributed by atoms with E-state index in [-0.39, 0.29) is 17.6 Å². The fourth-order valence-corrected chi connectivity index (χ4v) is 4.03. The molecule has 3 aromatic rings. The van der Waals surface area contributed by atoms with Gasteiger partial charge in [0.25, 0.3) is 5.91 Å². The molecule has 0 aromatic heterocycles. The highest BCUT2D eigenvalue weighted by Gasteiger charge is 2.23. The molecule has 0 radical (unpaired) electrons. The Morgan fingerprint density at radius 3 is 1.57 bits per heavy atom. The highest BCUT2D eigenvalue weighted by Crippen LogP contribution is 2.31. The van der Waals surface area contributed by atoms with Crippen molar-refractivity contribution in [3.63, 3.8) is 0 Å². The van der Waals surface area contributed by atoms with Gasteiger partial charge in [0.15, 0.2) is 0 Å². The highest BCUT2D eigenvalue weighted by atomic mass is 16.5. The van der Waals surface area contributed by atoms with Crippen molar-refractivity contribution in [2.75, 3.05) is 39.3 Å². The number of nitrogens with two attached hydrogens (primary N) is 3. The van der Waals surface area contributed by atoms with E-state index in [1.807, 2.05) is 4.90 Å². The second kappa shape index (κ2) is 11.5. The maximum absolute atomic E-state index is 13.4. The summed E-state index contributed by atoms with van der Waals surface area (Å²) < 4.78 is 12.1. The number of rotatable bonds is 9. The van der Waals surface area contributed by atoms with Crippen LogP contribution in [0.1, 0.15) is 21.5 Å². The molecule has 1 heterocycles. The smallest absolute Gasteiger partial charge is 0.254 e. The number of nitrogens with one attached hydrogen (secondary N) is 2. The van der Waals surface area contributed by atoms with Gasteiger partial charge in [0, 0.05) is 62.0 Å². The Morgan fingerprint density at radius 1 is 0.703 bits per heavy atom. The quantitative estimate of drug-likeness (QED) is 0.222. The zero-order valence-corrected chi connectivity index (χ0v) is 20.4. The maximum atomic E-state index is 13.4. The van der Waals surface area contributed by atoms with E-state index in [4.69, 9.17) is 37.5 Å². The van der Waals surface area contributed by atoms with E-state index >= 15 is 0 Å². The van der Waals surface area contributed by atoms with Crippen molar-refractivity contribution in [2.24, 2.45) is 17.2 Å². The summed E-state index contributed by atoms with van der Waals surface area (Å²) in [5.74, 6) is 1.75. The minimum absolute atomic E-state index is 0.0304. The van der Waals surface area contributed by atoms with Crippen molar-refractivity contribution in [3.05, 3.63) is 83.4 Å². The van der Waals surface area contributed by atoms with E-state index in [1.165, 1.54) is 0 Å². The number of carbonyl (C=O) groups excluding carboxylic acids is 1.